The molecule has 0 amide bonds. The number of rotatable bonds is 9. The molecule has 34 heavy (non-hydrogen) atoms. The first kappa shape index (κ1) is 27.5. The number of methoxy groups -OCH3 is 2. The molecule has 7 heteroatoms. The van der Waals surface area contributed by atoms with Gasteiger partial charge in [-0.05, 0) is 73.0 Å². The average molecular weight is 495 g/mol. The molecule has 1 heterocycles. The lowest BCUT2D eigenvalue weighted by molar-refractivity contribution is -0.185. The lowest BCUT2D eigenvalue weighted by Crippen LogP contribution is -2.59. The molecule has 0 radical (unpaired) electrons. The van der Waals surface area contributed by atoms with Gasteiger partial charge in [-0.1, -0.05) is 34.6 Å². The van der Waals surface area contributed by atoms with Crippen LogP contribution in [0.4, 0.5) is 0 Å². The summed E-state index contributed by atoms with van der Waals surface area (Å²) in [5, 5.41) is 0.158. The zero-order valence-electron chi connectivity index (χ0n) is 23.0. The summed E-state index contributed by atoms with van der Waals surface area (Å²) in [5.74, 6) is 1.89. The molecule has 0 spiro atoms. The van der Waals surface area contributed by atoms with E-state index < -0.39 is 8.32 Å². The molecule has 0 bridgehead atoms. The molecule has 0 aromatic heterocycles. The van der Waals surface area contributed by atoms with Crippen LogP contribution >= 0.6 is 0 Å². The van der Waals surface area contributed by atoms with Crippen molar-refractivity contribution in [3.8, 4) is 11.5 Å². The molecule has 0 saturated heterocycles. The van der Waals surface area contributed by atoms with Crippen LogP contribution in [0.5, 0.6) is 11.5 Å². The molecule has 2 aliphatic rings. The molecule has 3 atom stereocenters. The molecular weight excluding hydrogens is 448 g/mol. The van der Waals surface area contributed by atoms with E-state index in [0.29, 0.717) is 19.3 Å². The fourth-order valence-corrected chi connectivity index (χ4v) is 6.22. The van der Waals surface area contributed by atoms with Gasteiger partial charge in [0.1, 0.15) is 12.4 Å². The highest BCUT2D eigenvalue weighted by Gasteiger charge is 2.55. The average Bonchev–Trinajstić information content (AvgIpc) is 2.74. The van der Waals surface area contributed by atoms with Gasteiger partial charge in [-0.3, -0.25) is 0 Å². The molecule has 1 aliphatic heterocycles. The lowest BCUT2D eigenvalue weighted by Gasteiger charge is -2.56. The Morgan fingerprint density at radius 1 is 1.06 bits per heavy atom. The Hall–Kier alpha value is -1.12. The first-order valence-corrected chi connectivity index (χ1v) is 15.4. The first-order chi connectivity index (χ1) is 15.7. The van der Waals surface area contributed by atoms with E-state index in [2.05, 4.69) is 66.8 Å². The molecule has 1 fully saturated rings. The molecule has 1 aliphatic carbocycles. The second-order valence-electron chi connectivity index (χ2n) is 12.3. The number of hydrogen-bond donors (Lipinski definition) is 0. The quantitative estimate of drug-likeness (QED) is 0.296. The molecule has 1 aromatic carbocycles. The largest absolute Gasteiger partial charge is 0.483 e. The van der Waals surface area contributed by atoms with Crippen LogP contribution in [0.15, 0.2) is 12.1 Å². The van der Waals surface area contributed by atoms with E-state index in [-0.39, 0.29) is 29.0 Å². The second kappa shape index (κ2) is 10.1. The summed E-state index contributed by atoms with van der Waals surface area (Å²) in [7, 11) is 1.44. The maximum absolute atomic E-state index is 6.80. The highest BCUT2D eigenvalue weighted by Crippen LogP contribution is 2.55. The van der Waals surface area contributed by atoms with Crippen LogP contribution in [0.25, 0.3) is 0 Å². The molecular formula is C27H46O6Si. The van der Waals surface area contributed by atoms with Crippen molar-refractivity contribution in [1.29, 1.82) is 0 Å². The standard InChI is InChI=1S/C27H46O6Si/c1-25(2,3)34(9,10)32-16-19-13-20-15-22-26(4,5)23(31-18-29-8)11-12-27(22,6)33-24(20)21(14-19)30-17-28-7/h13-14,22-23H,11-12,15-18H2,1-10H3/t22-,23-,27-/m1/s1. The van der Waals surface area contributed by atoms with E-state index in [1.165, 1.54) is 5.56 Å². The highest BCUT2D eigenvalue weighted by atomic mass is 28.4. The Labute approximate surface area is 207 Å². The van der Waals surface area contributed by atoms with E-state index in [4.69, 9.17) is 28.1 Å². The summed E-state index contributed by atoms with van der Waals surface area (Å²) in [5.41, 5.74) is 1.94. The van der Waals surface area contributed by atoms with E-state index in [1.54, 1.807) is 14.2 Å². The third-order valence-corrected chi connectivity index (χ3v) is 12.9. The molecule has 194 valence electrons. The Kier molecular flexibility index (Phi) is 8.15. The van der Waals surface area contributed by atoms with Crippen LogP contribution in [0, 0.1) is 11.3 Å². The van der Waals surface area contributed by atoms with Crippen LogP contribution in [-0.2, 0) is 31.7 Å². The maximum Gasteiger partial charge on any atom is 0.192 e. The fraction of sp³-hybridized carbons (Fsp3) is 0.778. The first-order valence-electron chi connectivity index (χ1n) is 12.5. The van der Waals surface area contributed by atoms with Crippen molar-refractivity contribution < 1.29 is 28.1 Å². The van der Waals surface area contributed by atoms with E-state index in [9.17, 15) is 0 Å². The predicted octanol–water partition coefficient (Wildman–Crippen LogP) is 6.31. The van der Waals surface area contributed by atoms with Gasteiger partial charge in [0.2, 0.25) is 0 Å². The molecule has 6 nitrogen and oxygen atoms in total. The minimum Gasteiger partial charge on any atom is -0.483 e. The minimum atomic E-state index is -1.88. The SMILES string of the molecule is COCOc1cc(CO[Si](C)(C)C(C)(C)C)cc2c1O[C@]1(C)CC[C@@H](OCOC)C(C)(C)[C@H]1C2. The summed E-state index contributed by atoms with van der Waals surface area (Å²) < 4.78 is 35.9. The molecule has 0 N–H and O–H groups in total. The van der Waals surface area contributed by atoms with Crippen LogP contribution < -0.4 is 9.47 Å². The fourth-order valence-electron chi connectivity index (χ4n) is 5.26. The second-order valence-corrected chi connectivity index (χ2v) is 17.1. The van der Waals surface area contributed by atoms with Crippen LogP contribution in [0.1, 0.15) is 65.5 Å². The van der Waals surface area contributed by atoms with Crippen LogP contribution in [0.3, 0.4) is 0 Å². The number of ether oxygens (including phenoxy) is 5. The van der Waals surface area contributed by atoms with Gasteiger partial charge in [0.15, 0.2) is 26.6 Å². The van der Waals surface area contributed by atoms with Gasteiger partial charge in [-0.25, -0.2) is 0 Å². The van der Waals surface area contributed by atoms with Crippen molar-refractivity contribution in [3.05, 3.63) is 23.3 Å². The minimum absolute atomic E-state index is 0.0651. The van der Waals surface area contributed by atoms with Crippen LogP contribution in [0.2, 0.25) is 18.1 Å². The zero-order chi connectivity index (χ0) is 25.4. The van der Waals surface area contributed by atoms with Crippen molar-refractivity contribution in [1.82, 2.24) is 0 Å². The van der Waals surface area contributed by atoms with Gasteiger partial charge in [0.25, 0.3) is 0 Å². The van der Waals surface area contributed by atoms with Crippen molar-refractivity contribution in [2.75, 3.05) is 27.8 Å². The normalized spacial score (nSPS) is 26.4. The summed E-state index contributed by atoms with van der Waals surface area (Å²) in [4.78, 5) is 0. The maximum atomic E-state index is 6.80. The number of benzene rings is 1. The third-order valence-electron chi connectivity index (χ3n) is 8.44. The molecule has 0 unspecified atom stereocenters. The van der Waals surface area contributed by atoms with Crippen molar-refractivity contribution in [2.45, 2.75) is 97.2 Å². The van der Waals surface area contributed by atoms with E-state index >= 15 is 0 Å². The molecule has 1 saturated carbocycles. The van der Waals surface area contributed by atoms with Crippen LogP contribution in [-0.4, -0.2) is 47.8 Å². The van der Waals surface area contributed by atoms with Crippen molar-refractivity contribution in [3.63, 3.8) is 0 Å². The number of hydrogen-bond acceptors (Lipinski definition) is 6. The van der Waals surface area contributed by atoms with Crippen molar-refractivity contribution >= 4 is 8.32 Å². The zero-order valence-corrected chi connectivity index (χ0v) is 24.0. The Bertz CT molecular complexity index is 846. The van der Waals surface area contributed by atoms with Gasteiger partial charge < -0.3 is 28.1 Å². The number of fused-ring (bicyclic) bond motifs is 2. The topological polar surface area (TPSA) is 55.4 Å². The van der Waals surface area contributed by atoms with Crippen molar-refractivity contribution in [2.24, 2.45) is 11.3 Å². The monoisotopic (exact) mass is 494 g/mol. The van der Waals surface area contributed by atoms with Gasteiger partial charge in [-0.2, -0.15) is 0 Å². The van der Waals surface area contributed by atoms with Gasteiger partial charge >= 0.3 is 0 Å². The Morgan fingerprint density at radius 2 is 1.74 bits per heavy atom. The predicted molar refractivity (Wildman–Crippen MR) is 137 cm³/mol. The van der Waals surface area contributed by atoms with E-state index in [0.717, 1.165) is 36.3 Å². The molecule has 1 aromatic rings. The summed E-state index contributed by atoms with van der Waals surface area (Å²) in [6, 6.07) is 4.31. The van der Waals surface area contributed by atoms with Gasteiger partial charge in [0.05, 0.1) is 12.7 Å². The third kappa shape index (κ3) is 5.49. The van der Waals surface area contributed by atoms with Gasteiger partial charge in [-0.15, -0.1) is 0 Å². The molecule has 3 rings (SSSR count). The highest BCUT2D eigenvalue weighted by molar-refractivity contribution is 6.74. The summed E-state index contributed by atoms with van der Waals surface area (Å²) in [6.45, 7) is 19.3. The summed E-state index contributed by atoms with van der Waals surface area (Å²) in [6.07, 6.45) is 2.90. The Balaban J connectivity index is 1.93. The van der Waals surface area contributed by atoms with Gasteiger partial charge in [0, 0.05) is 20.1 Å². The summed E-state index contributed by atoms with van der Waals surface area (Å²) >= 11 is 0. The lowest BCUT2D eigenvalue weighted by atomic mass is 9.57. The van der Waals surface area contributed by atoms with E-state index in [1.807, 2.05) is 0 Å². The smallest absolute Gasteiger partial charge is 0.192 e. The Morgan fingerprint density at radius 3 is 2.35 bits per heavy atom.